The van der Waals surface area contributed by atoms with Crippen LogP contribution in [0.5, 0.6) is 0 Å². The van der Waals surface area contributed by atoms with Crippen LogP contribution in [0, 0.1) is 5.82 Å². The number of halogens is 1. The zero-order valence-electron chi connectivity index (χ0n) is 18.0. The Bertz CT molecular complexity index is 1240. The van der Waals surface area contributed by atoms with Crippen LogP contribution in [-0.4, -0.2) is 28.7 Å². The summed E-state index contributed by atoms with van der Waals surface area (Å²) < 4.78 is 15.1. The molecule has 0 aliphatic rings. The van der Waals surface area contributed by atoms with Crippen molar-refractivity contribution in [1.29, 1.82) is 0 Å². The first-order valence-corrected chi connectivity index (χ1v) is 11.6. The summed E-state index contributed by atoms with van der Waals surface area (Å²) in [6, 6.07) is 23.2. The van der Waals surface area contributed by atoms with Gasteiger partial charge in [-0.05, 0) is 35.9 Å². The first kappa shape index (κ1) is 22.6. The molecule has 7 heteroatoms. The molecule has 0 aliphatic heterocycles. The van der Waals surface area contributed by atoms with Crippen molar-refractivity contribution in [1.82, 2.24) is 15.2 Å². The van der Waals surface area contributed by atoms with E-state index in [1.54, 1.807) is 24.3 Å². The van der Waals surface area contributed by atoms with E-state index in [0.29, 0.717) is 25.2 Å². The van der Waals surface area contributed by atoms with Gasteiger partial charge in [0.25, 0.3) is 5.91 Å². The van der Waals surface area contributed by atoms with Crippen molar-refractivity contribution in [3.05, 3.63) is 102 Å². The van der Waals surface area contributed by atoms with Gasteiger partial charge in [-0.2, -0.15) is 0 Å². The third-order valence-electron chi connectivity index (χ3n) is 5.19. The van der Waals surface area contributed by atoms with Crippen molar-refractivity contribution in [3.8, 4) is 0 Å². The Morgan fingerprint density at radius 1 is 0.879 bits per heavy atom. The molecule has 0 saturated heterocycles. The Morgan fingerprint density at radius 2 is 1.61 bits per heavy atom. The van der Waals surface area contributed by atoms with E-state index in [9.17, 15) is 14.0 Å². The van der Waals surface area contributed by atoms with Crippen LogP contribution < -0.4 is 10.6 Å². The van der Waals surface area contributed by atoms with Gasteiger partial charge in [-0.15, -0.1) is 11.8 Å². The van der Waals surface area contributed by atoms with Gasteiger partial charge in [0.2, 0.25) is 5.91 Å². The summed E-state index contributed by atoms with van der Waals surface area (Å²) in [7, 11) is 0. The smallest absolute Gasteiger partial charge is 0.251 e. The minimum atomic E-state index is -0.295. The van der Waals surface area contributed by atoms with Crippen LogP contribution in [0.4, 0.5) is 4.39 Å². The standard InChI is InChI=1S/C26H24FN3O2S/c27-21-12-10-19(11-13-21)16-29-25(31)18-33-24-17-30(23-9-5-4-8-22(23)24)15-14-28-26(32)20-6-2-1-3-7-20/h1-13,17H,14-16,18H2,(H,28,32)(H,29,31). The minimum absolute atomic E-state index is 0.0868. The Morgan fingerprint density at radius 3 is 2.39 bits per heavy atom. The number of thioether (sulfide) groups is 1. The van der Waals surface area contributed by atoms with E-state index >= 15 is 0 Å². The summed E-state index contributed by atoms with van der Waals surface area (Å²) >= 11 is 1.47. The first-order valence-electron chi connectivity index (χ1n) is 10.7. The van der Waals surface area contributed by atoms with E-state index in [0.717, 1.165) is 21.4 Å². The van der Waals surface area contributed by atoms with Gasteiger partial charge in [0, 0.05) is 47.2 Å². The summed E-state index contributed by atoms with van der Waals surface area (Å²) in [4.78, 5) is 25.6. The second kappa shape index (κ2) is 10.8. The van der Waals surface area contributed by atoms with Crippen LogP contribution in [0.15, 0.2) is 90.0 Å². The summed E-state index contributed by atoms with van der Waals surface area (Å²) in [6.07, 6.45) is 2.03. The highest BCUT2D eigenvalue weighted by Gasteiger charge is 2.11. The maximum absolute atomic E-state index is 13.0. The number of nitrogens with one attached hydrogen (secondary N) is 2. The van der Waals surface area contributed by atoms with Gasteiger partial charge >= 0.3 is 0 Å². The van der Waals surface area contributed by atoms with Gasteiger partial charge in [0.05, 0.1) is 5.75 Å². The molecule has 0 saturated carbocycles. The molecule has 0 fully saturated rings. The van der Waals surface area contributed by atoms with Crippen molar-refractivity contribution in [2.45, 2.75) is 18.0 Å². The number of hydrogen-bond acceptors (Lipinski definition) is 3. The SMILES string of the molecule is O=C(CSc1cn(CCNC(=O)c2ccccc2)c2ccccc12)NCc1ccc(F)cc1. The van der Waals surface area contributed by atoms with Crippen molar-refractivity contribution in [2.24, 2.45) is 0 Å². The predicted octanol–water partition coefficient (Wildman–Crippen LogP) is 4.62. The van der Waals surface area contributed by atoms with Gasteiger partial charge in [0.1, 0.15) is 5.82 Å². The molecular weight excluding hydrogens is 437 g/mol. The van der Waals surface area contributed by atoms with Crippen molar-refractivity contribution in [2.75, 3.05) is 12.3 Å². The molecule has 0 atom stereocenters. The number of fused-ring (bicyclic) bond motifs is 1. The molecule has 5 nitrogen and oxygen atoms in total. The second-order valence-corrected chi connectivity index (χ2v) is 8.53. The number of aromatic nitrogens is 1. The van der Waals surface area contributed by atoms with Gasteiger partial charge in [-0.25, -0.2) is 4.39 Å². The molecule has 1 heterocycles. The zero-order valence-corrected chi connectivity index (χ0v) is 18.8. The van der Waals surface area contributed by atoms with E-state index in [1.807, 2.05) is 48.7 Å². The molecule has 168 valence electrons. The third-order valence-corrected chi connectivity index (χ3v) is 6.23. The minimum Gasteiger partial charge on any atom is -0.351 e. The maximum atomic E-state index is 13.0. The zero-order chi connectivity index (χ0) is 23.0. The summed E-state index contributed by atoms with van der Waals surface area (Å²) in [5, 5.41) is 6.89. The highest BCUT2D eigenvalue weighted by Crippen LogP contribution is 2.29. The van der Waals surface area contributed by atoms with E-state index in [4.69, 9.17) is 0 Å². The molecule has 2 amide bonds. The first-order chi connectivity index (χ1) is 16.1. The molecule has 3 aromatic carbocycles. The Labute approximate surface area is 196 Å². The molecule has 33 heavy (non-hydrogen) atoms. The van der Waals surface area contributed by atoms with Crippen LogP contribution in [0.2, 0.25) is 0 Å². The molecule has 4 aromatic rings. The number of hydrogen-bond donors (Lipinski definition) is 2. The maximum Gasteiger partial charge on any atom is 0.251 e. The number of benzene rings is 3. The lowest BCUT2D eigenvalue weighted by molar-refractivity contribution is -0.118. The number of nitrogens with zero attached hydrogens (tertiary/aromatic N) is 1. The normalized spacial score (nSPS) is 10.8. The average Bonchev–Trinajstić information content (AvgIpc) is 3.20. The molecule has 0 spiro atoms. The molecule has 2 N–H and O–H groups in total. The van der Waals surface area contributed by atoms with Crippen LogP contribution in [-0.2, 0) is 17.9 Å². The third kappa shape index (κ3) is 6.02. The molecule has 0 bridgehead atoms. The fraction of sp³-hybridized carbons (Fsp3) is 0.154. The number of rotatable bonds is 9. The lowest BCUT2D eigenvalue weighted by atomic mass is 10.2. The molecule has 0 unspecified atom stereocenters. The van der Waals surface area contributed by atoms with Gasteiger partial charge in [-0.1, -0.05) is 48.5 Å². The van der Waals surface area contributed by atoms with Crippen LogP contribution in [0.1, 0.15) is 15.9 Å². The molecule has 1 aromatic heterocycles. The Balaban J connectivity index is 1.34. The highest BCUT2D eigenvalue weighted by atomic mass is 32.2. The number of carbonyl (C=O) groups excluding carboxylic acids is 2. The van der Waals surface area contributed by atoms with Crippen molar-refractivity contribution >= 4 is 34.5 Å². The second-order valence-electron chi connectivity index (χ2n) is 7.52. The van der Waals surface area contributed by atoms with Gasteiger partial charge in [0.15, 0.2) is 0 Å². The molecule has 0 aliphatic carbocycles. The molecule has 4 rings (SSSR count). The van der Waals surface area contributed by atoms with E-state index in [2.05, 4.69) is 15.2 Å². The summed E-state index contributed by atoms with van der Waals surface area (Å²) in [5.74, 6) is -0.202. The van der Waals surface area contributed by atoms with Crippen LogP contribution >= 0.6 is 11.8 Å². The number of carbonyl (C=O) groups is 2. The number of amides is 2. The van der Waals surface area contributed by atoms with Crippen LogP contribution in [0.3, 0.4) is 0 Å². The van der Waals surface area contributed by atoms with Crippen LogP contribution in [0.25, 0.3) is 10.9 Å². The topological polar surface area (TPSA) is 63.1 Å². The van der Waals surface area contributed by atoms with Gasteiger partial charge < -0.3 is 15.2 Å². The lowest BCUT2D eigenvalue weighted by Gasteiger charge is -2.07. The molecule has 0 radical (unpaired) electrons. The van der Waals surface area contributed by atoms with E-state index in [-0.39, 0.29) is 23.4 Å². The van der Waals surface area contributed by atoms with E-state index < -0.39 is 0 Å². The summed E-state index contributed by atoms with van der Waals surface area (Å²) in [6.45, 7) is 1.48. The highest BCUT2D eigenvalue weighted by molar-refractivity contribution is 8.00. The Hall–Kier alpha value is -3.58. The fourth-order valence-electron chi connectivity index (χ4n) is 3.49. The van der Waals surface area contributed by atoms with Crippen molar-refractivity contribution < 1.29 is 14.0 Å². The summed E-state index contributed by atoms with van der Waals surface area (Å²) in [5.41, 5.74) is 2.54. The van der Waals surface area contributed by atoms with Gasteiger partial charge in [-0.3, -0.25) is 9.59 Å². The fourth-order valence-corrected chi connectivity index (χ4v) is 4.41. The van der Waals surface area contributed by atoms with E-state index in [1.165, 1.54) is 23.9 Å². The number of para-hydroxylation sites is 1. The lowest BCUT2D eigenvalue weighted by Crippen LogP contribution is -2.27. The monoisotopic (exact) mass is 461 g/mol. The average molecular weight is 462 g/mol. The molecular formula is C26H24FN3O2S. The largest absolute Gasteiger partial charge is 0.351 e. The quantitative estimate of drug-likeness (QED) is 0.358. The van der Waals surface area contributed by atoms with Crippen molar-refractivity contribution in [3.63, 3.8) is 0 Å². The predicted molar refractivity (Wildman–Crippen MR) is 130 cm³/mol. The Kier molecular flexibility index (Phi) is 7.42.